The Morgan fingerprint density at radius 1 is 1.12 bits per heavy atom. The molecule has 1 aliphatic heterocycles. The number of carbonyl (C=O) groups is 1. The molecule has 1 heterocycles. The standard InChI is InChI=1S/C20H31NO4/c1-3-25-20(22)18-6-8-19(9-7-18)21-12-10-17(11-13-21)16-24-15-5-4-14-23-2/h6-9,17H,3-5,10-16H2,1-2H3. The fourth-order valence-corrected chi connectivity index (χ4v) is 3.08. The Kier molecular flexibility index (Phi) is 8.77. The fourth-order valence-electron chi connectivity index (χ4n) is 3.08. The van der Waals surface area contributed by atoms with Crippen molar-refractivity contribution in [3.8, 4) is 0 Å². The van der Waals surface area contributed by atoms with Crippen molar-refractivity contribution in [1.82, 2.24) is 0 Å². The molecule has 0 aromatic heterocycles. The van der Waals surface area contributed by atoms with E-state index < -0.39 is 0 Å². The Bertz CT molecular complexity index is 495. The zero-order valence-electron chi connectivity index (χ0n) is 15.5. The molecule has 0 amide bonds. The van der Waals surface area contributed by atoms with Crippen LogP contribution in [0.25, 0.3) is 0 Å². The van der Waals surface area contributed by atoms with Crippen LogP contribution in [0, 0.1) is 5.92 Å². The zero-order valence-corrected chi connectivity index (χ0v) is 15.5. The van der Waals surface area contributed by atoms with Gasteiger partial charge in [-0.3, -0.25) is 0 Å². The summed E-state index contributed by atoms with van der Waals surface area (Å²) in [6, 6.07) is 7.73. The maximum Gasteiger partial charge on any atom is 0.338 e. The minimum atomic E-state index is -0.254. The van der Waals surface area contributed by atoms with Crippen LogP contribution in [0.5, 0.6) is 0 Å². The van der Waals surface area contributed by atoms with E-state index in [4.69, 9.17) is 14.2 Å². The van der Waals surface area contributed by atoms with Gasteiger partial charge in [0.25, 0.3) is 0 Å². The van der Waals surface area contributed by atoms with E-state index in [2.05, 4.69) is 4.90 Å². The summed E-state index contributed by atoms with van der Waals surface area (Å²) in [7, 11) is 1.74. The lowest BCUT2D eigenvalue weighted by molar-refractivity contribution is 0.0526. The number of benzene rings is 1. The highest BCUT2D eigenvalue weighted by molar-refractivity contribution is 5.89. The molecule has 0 atom stereocenters. The molecule has 5 heteroatoms. The van der Waals surface area contributed by atoms with Gasteiger partial charge < -0.3 is 19.1 Å². The van der Waals surface area contributed by atoms with E-state index in [0.29, 0.717) is 18.1 Å². The number of rotatable bonds is 10. The molecule has 0 saturated carbocycles. The predicted molar refractivity (Wildman–Crippen MR) is 99.3 cm³/mol. The first-order valence-electron chi connectivity index (χ1n) is 9.33. The smallest absolute Gasteiger partial charge is 0.338 e. The number of ether oxygens (including phenoxy) is 3. The molecule has 140 valence electrons. The van der Waals surface area contributed by atoms with Crippen LogP contribution in [0.15, 0.2) is 24.3 Å². The molecule has 1 fully saturated rings. The third kappa shape index (κ3) is 6.67. The van der Waals surface area contributed by atoms with E-state index in [1.54, 1.807) is 7.11 Å². The van der Waals surface area contributed by atoms with E-state index in [-0.39, 0.29) is 5.97 Å². The summed E-state index contributed by atoms with van der Waals surface area (Å²) < 4.78 is 15.9. The van der Waals surface area contributed by atoms with Gasteiger partial charge in [-0.25, -0.2) is 4.79 Å². The molecule has 1 saturated heterocycles. The van der Waals surface area contributed by atoms with E-state index in [1.165, 1.54) is 5.69 Å². The Labute approximate surface area is 151 Å². The van der Waals surface area contributed by atoms with Gasteiger partial charge in [0.1, 0.15) is 0 Å². The quantitative estimate of drug-likeness (QED) is 0.478. The summed E-state index contributed by atoms with van der Waals surface area (Å²) in [6.07, 6.45) is 4.44. The van der Waals surface area contributed by atoms with Crippen LogP contribution in [0.1, 0.15) is 43.0 Å². The first-order valence-corrected chi connectivity index (χ1v) is 9.33. The van der Waals surface area contributed by atoms with E-state index >= 15 is 0 Å². The second-order valence-electron chi connectivity index (χ2n) is 6.47. The van der Waals surface area contributed by atoms with Crippen LogP contribution in [0.2, 0.25) is 0 Å². The topological polar surface area (TPSA) is 48.0 Å². The maximum absolute atomic E-state index is 11.7. The van der Waals surface area contributed by atoms with Gasteiger partial charge >= 0.3 is 5.97 Å². The molecule has 25 heavy (non-hydrogen) atoms. The van der Waals surface area contributed by atoms with Crippen LogP contribution in [-0.4, -0.2) is 52.6 Å². The average molecular weight is 349 g/mol. The number of piperidine rings is 1. The minimum Gasteiger partial charge on any atom is -0.462 e. The molecule has 0 aliphatic carbocycles. The molecule has 5 nitrogen and oxygen atoms in total. The van der Waals surface area contributed by atoms with Crippen molar-refractivity contribution in [2.75, 3.05) is 51.5 Å². The highest BCUT2D eigenvalue weighted by Gasteiger charge is 2.19. The van der Waals surface area contributed by atoms with Gasteiger partial charge in [-0.15, -0.1) is 0 Å². The number of nitrogens with zero attached hydrogens (tertiary/aromatic N) is 1. The molecular formula is C20H31NO4. The Hall–Kier alpha value is -1.59. The molecule has 0 N–H and O–H groups in total. The third-order valence-electron chi connectivity index (χ3n) is 4.60. The largest absolute Gasteiger partial charge is 0.462 e. The number of carbonyl (C=O) groups excluding carboxylic acids is 1. The van der Waals surface area contributed by atoms with Crippen LogP contribution in [0.3, 0.4) is 0 Å². The number of hydrogen-bond acceptors (Lipinski definition) is 5. The van der Waals surface area contributed by atoms with Gasteiger partial charge in [-0.05, 0) is 62.8 Å². The Morgan fingerprint density at radius 3 is 2.44 bits per heavy atom. The third-order valence-corrected chi connectivity index (χ3v) is 4.60. The molecule has 0 bridgehead atoms. The summed E-state index contributed by atoms with van der Waals surface area (Å²) >= 11 is 0. The molecule has 1 aliphatic rings. The zero-order chi connectivity index (χ0) is 17.9. The number of unbranched alkanes of at least 4 members (excludes halogenated alkanes) is 1. The predicted octanol–water partition coefficient (Wildman–Crippen LogP) is 3.52. The second kappa shape index (κ2) is 11.1. The SMILES string of the molecule is CCOC(=O)c1ccc(N2CCC(COCCCCOC)CC2)cc1. The minimum absolute atomic E-state index is 0.254. The van der Waals surface area contributed by atoms with Gasteiger partial charge in [0.2, 0.25) is 0 Å². The van der Waals surface area contributed by atoms with Crippen LogP contribution >= 0.6 is 0 Å². The Balaban J connectivity index is 1.68. The number of anilines is 1. The first-order chi connectivity index (χ1) is 12.2. The molecular weight excluding hydrogens is 318 g/mol. The first kappa shape index (κ1) is 19.7. The summed E-state index contributed by atoms with van der Waals surface area (Å²) in [4.78, 5) is 14.1. The van der Waals surface area contributed by atoms with Crippen molar-refractivity contribution >= 4 is 11.7 Å². The van der Waals surface area contributed by atoms with Gasteiger partial charge in [0, 0.05) is 45.7 Å². The fraction of sp³-hybridized carbons (Fsp3) is 0.650. The van der Waals surface area contributed by atoms with Gasteiger partial charge in [-0.2, -0.15) is 0 Å². The van der Waals surface area contributed by atoms with E-state index in [1.807, 2.05) is 31.2 Å². The molecule has 0 unspecified atom stereocenters. The Morgan fingerprint density at radius 2 is 1.80 bits per heavy atom. The molecule has 1 aromatic carbocycles. The number of methoxy groups -OCH3 is 1. The maximum atomic E-state index is 11.7. The molecule has 1 aromatic rings. The summed E-state index contributed by atoms with van der Waals surface area (Å²) in [5, 5.41) is 0. The number of hydrogen-bond donors (Lipinski definition) is 0. The van der Waals surface area contributed by atoms with Crippen LogP contribution < -0.4 is 4.90 Å². The van der Waals surface area contributed by atoms with Crippen molar-refractivity contribution in [2.24, 2.45) is 5.92 Å². The normalized spacial score (nSPS) is 15.4. The van der Waals surface area contributed by atoms with Crippen LogP contribution in [-0.2, 0) is 14.2 Å². The highest BCUT2D eigenvalue weighted by Crippen LogP contribution is 2.24. The van der Waals surface area contributed by atoms with Gasteiger partial charge in [-0.1, -0.05) is 0 Å². The van der Waals surface area contributed by atoms with Crippen molar-refractivity contribution in [2.45, 2.75) is 32.6 Å². The summed E-state index contributed by atoms with van der Waals surface area (Å²) in [5.41, 5.74) is 1.79. The summed E-state index contributed by atoms with van der Waals surface area (Å²) in [6.45, 7) is 6.81. The second-order valence-corrected chi connectivity index (χ2v) is 6.47. The van der Waals surface area contributed by atoms with Crippen molar-refractivity contribution in [1.29, 1.82) is 0 Å². The van der Waals surface area contributed by atoms with Crippen LogP contribution in [0.4, 0.5) is 5.69 Å². The molecule has 0 spiro atoms. The molecule has 2 rings (SSSR count). The molecule has 0 radical (unpaired) electrons. The summed E-state index contributed by atoms with van der Waals surface area (Å²) in [5.74, 6) is 0.396. The highest BCUT2D eigenvalue weighted by atomic mass is 16.5. The lowest BCUT2D eigenvalue weighted by atomic mass is 9.97. The van der Waals surface area contributed by atoms with Crippen molar-refractivity contribution in [3.05, 3.63) is 29.8 Å². The average Bonchev–Trinajstić information content (AvgIpc) is 2.65. The lowest BCUT2D eigenvalue weighted by Gasteiger charge is -2.33. The van der Waals surface area contributed by atoms with Crippen molar-refractivity contribution < 1.29 is 19.0 Å². The monoisotopic (exact) mass is 349 g/mol. The lowest BCUT2D eigenvalue weighted by Crippen LogP contribution is -2.35. The van der Waals surface area contributed by atoms with E-state index in [9.17, 15) is 4.79 Å². The van der Waals surface area contributed by atoms with Crippen molar-refractivity contribution in [3.63, 3.8) is 0 Å². The van der Waals surface area contributed by atoms with Gasteiger partial charge in [0.15, 0.2) is 0 Å². The van der Waals surface area contributed by atoms with E-state index in [0.717, 1.165) is 58.6 Å². The number of esters is 1. The van der Waals surface area contributed by atoms with Gasteiger partial charge in [0.05, 0.1) is 12.2 Å².